The van der Waals surface area contributed by atoms with Crippen molar-refractivity contribution < 1.29 is 13.2 Å². The summed E-state index contributed by atoms with van der Waals surface area (Å²) in [6.45, 7) is 4.01. The van der Waals surface area contributed by atoms with Crippen LogP contribution < -0.4 is 10.0 Å². The highest BCUT2D eigenvalue weighted by Crippen LogP contribution is 2.16. The van der Waals surface area contributed by atoms with Gasteiger partial charge in [0.1, 0.15) is 0 Å². The second-order valence-electron chi connectivity index (χ2n) is 4.56. The van der Waals surface area contributed by atoms with E-state index < -0.39 is 10.0 Å². The summed E-state index contributed by atoms with van der Waals surface area (Å²) in [7, 11) is -3.24. The van der Waals surface area contributed by atoms with Gasteiger partial charge in [0.05, 0.1) is 12.3 Å². The molecular formula is C13H20N2O3S. The number of carbonyl (C=O) groups excluding carboxylic acids is 1. The van der Waals surface area contributed by atoms with Crippen LogP contribution in [-0.2, 0) is 14.8 Å². The molecule has 0 bridgehead atoms. The summed E-state index contributed by atoms with van der Waals surface area (Å²) >= 11 is 0. The van der Waals surface area contributed by atoms with E-state index in [2.05, 4.69) is 10.0 Å². The van der Waals surface area contributed by atoms with Crippen molar-refractivity contribution in [2.75, 3.05) is 12.8 Å². The Morgan fingerprint density at radius 1 is 1.32 bits per heavy atom. The quantitative estimate of drug-likeness (QED) is 0.821. The van der Waals surface area contributed by atoms with E-state index in [-0.39, 0.29) is 24.9 Å². The van der Waals surface area contributed by atoms with Crippen molar-refractivity contribution in [1.29, 1.82) is 0 Å². The minimum absolute atomic E-state index is 0.0908. The van der Waals surface area contributed by atoms with Crippen LogP contribution in [0.5, 0.6) is 0 Å². The molecule has 1 aromatic carbocycles. The fourth-order valence-electron chi connectivity index (χ4n) is 1.81. The van der Waals surface area contributed by atoms with Crippen LogP contribution in [0.2, 0.25) is 0 Å². The topological polar surface area (TPSA) is 75.3 Å². The molecule has 0 spiro atoms. The maximum absolute atomic E-state index is 11.7. The molecule has 5 nitrogen and oxygen atoms in total. The first-order chi connectivity index (χ1) is 8.79. The van der Waals surface area contributed by atoms with Gasteiger partial charge in [0.2, 0.25) is 15.9 Å². The van der Waals surface area contributed by atoms with Crippen molar-refractivity contribution >= 4 is 15.9 Å². The lowest BCUT2D eigenvalue weighted by molar-refractivity contribution is -0.121. The number of rotatable bonds is 6. The van der Waals surface area contributed by atoms with E-state index in [0.717, 1.165) is 17.4 Å². The summed E-state index contributed by atoms with van der Waals surface area (Å²) in [5.41, 5.74) is 2.18. The molecule has 1 rings (SSSR count). The highest BCUT2D eigenvalue weighted by Gasteiger charge is 2.11. The van der Waals surface area contributed by atoms with Crippen LogP contribution in [0.1, 0.15) is 30.5 Å². The lowest BCUT2D eigenvalue weighted by Gasteiger charge is -2.16. The van der Waals surface area contributed by atoms with E-state index in [1.165, 1.54) is 0 Å². The van der Waals surface area contributed by atoms with Crippen molar-refractivity contribution in [2.24, 2.45) is 0 Å². The second-order valence-corrected chi connectivity index (χ2v) is 6.40. The zero-order valence-electron chi connectivity index (χ0n) is 11.4. The zero-order chi connectivity index (χ0) is 14.5. The van der Waals surface area contributed by atoms with Crippen LogP contribution in [0.15, 0.2) is 24.3 Å². The third-order valence-electron chi connectivity index (χ3n) is 2.75. The maximum atomic E-state index is 11.7. The van der Waals surface area contributed by atoms with Gasteiger partial charge in [-0.2, -0.15) is 0 Å². The Bertz CT molecular complexity index is 541. The number of carbonyl (C=O) groups is 1. The van der Waals surface area contributed by atoms with E-state index in [1.54, 1.807) is 0 Å². The van der Waals surface area contributed by atoms with E-state index in [4.69, 9.17) is 0 Å². The number of hydrogen-bond acceptors (Lipinski definition) is 3. The first kappa shape index (κ1) is 15.7. The van der Waals surface area contributed by atoms with Crippen molar-refractivity contribution in [3.63, 3.8) is 0 Å². The van der Waals surface area contributed by atoms with E-state index in [1.807, 2.05) is 38.1 Å². The maximum Gasteiger partial charge on any atom is 0.221 e. The minimum atomic E-state index is -3.24. The normalized spacial score (nSPS) is 13.0. The average Bonchev–Trinajstić information content (AvgIpc) is 2.27. The van der Waals surface area contributed by atoms with Gasteiger partial charge in [0.15, 0.2) is 0 Å². The smallest absolute Gasteiger partial charge is 0.221 e. The highest BCUT2D eigenvalue weighted by atomic mass is 32.2. The van der Waals surface area contributed by atoms with Crippen molar-refractivity contribution in [3.05, 3.63) is 35.4 Å². The number of sulfonamides is 1. The summed E-state index contributed by atoms with van der Waals surface area (Å²) in [5.74, 6) is -0.174. The number of hydrogen-bond donors (Lipinski definition) is 2. The average molecular weight is 284 g/mol. The number of amides is 1. The van der Waals surface area contributed by atoms with Crippen LogP contribution in [-0.4, -0.2) is 27.1 Å². The van der Waals surface area contributed by atoms with Crippen LogP contribution in [0.3, 0.4) is 0 Å². The predicted octanol–water partition coefficient (Wildman–Crippen LogP) is 1.11. The van der Waals surface area contributed by atoms with Crippen molar-refractivity contribution in [3.8, 4) is 0 Å². The first-order valence-electron chi connectivity index (χ1n) is 6.09. The monoisotopic (exact) mass is 284 g/mol. The largest absolute Gasteiger partial charge is 0.350 e. The van der Waals surface area contributed by atoms with Gasteiger partial charge in [0.25, 0.3) is 0 Å². The molecule has 0 aromatic heterocycles. The Kier molecular flexibility index (Phi) is 5.50. The predicted molar refractivity (Wildman–Crippen MR) is 75.2 cm³/mol. The van der Waals surface area contributed by atoms with Gasteiger partial charge in [-0.3, -0.25) is 4.79 Å². The summed E-state index contributed by atoms with van der Waals surface area (Å²) in [6, 6.07) is 7.74. The Hall–Kier alpha value is -1.40. The first-order valence-corrected chi connectivity index (χ1v) is 7.98. The fourth-order valence-corrected chi connectivity index (χ4v) is 2.29. The van der Waals surface area contributed by atoms with Gasteiger partial charge >= 0.3 is 0 Å². The van der Waals surface area contributed by atoms with Gasteiger partial charge in [0, 0.05) is 13.0 Å². The molecule has 0 radical (unpaired) electrons. The number of nitrogens with one attached hydrogen (secondary N) is 2. The minimum Gasteiger partial charge on any atom is -0.350 e. The Balaban J connectivity index is 2.47. The summed E-state index contributed by atoms with van der Waals surface area (Å²) < 4.78 is 24.0. The van der Waals surface area contributed by atoms with E-state index in [0.29, 0.717) is 0 Å². The highest BCUT2D eigenvalue weighted by molar-refractivity contribution is 7.88. The molecule has 6 heteroatoms. The molecule has 0 aliphatic heterocycles. The van der Waals surface area contributed by atoms with Crippen LogP contribution in [0.4, 0.5) is 0 Å². The Morgan fingerprint density at radius 2 is 1.95 bits per heavy atom. The molecule has 0 saturated heterocycles. The van der Waals surface area contributed by atoms with Crippen molar-refractivity contribution in [1.82, 2.24) is 10.0 Å². The molecule has 0 heterocycles. The summed E-state index contributed by atoms with van der Waals surface area (Å²) in [6.07, 6.45) is 1.20. The lowest BCUT2D eigenvalue weighted by atomic mass is 10.0. The van der Waals surface area contributed by atoms with Crippen LogP contribution >= 0.6 is 0 Å². The van der Waals surface area contributed by atoms with Crippen LogP contribution in [0.25, 0.3) is 0 Å². The standard InChI is InChI=1S/C13H20N2O3S/c1-10-6-4-5-7-12(10)11(2)15-13(16)8-9-14-19(3,17)18/h4-7,11,14H,8-9H2,1-3H3,(H,15,16)/t11-/m0/s1. The molecule has 106 valence electrons. The molecule has 1 amide bonds. The molecule has 0 saturated carbocycles. The van der Waals surface area contributed by atoms with Gasteiger partial charge in [-0.1, -0.05) is 24.3 Å². The molecular weight excluding hydrogens is 264 g/mol. The zero-order valence-corrected chi connectivity index (χ0v) is 12.3. The van der Waals surface area contributed by atoms with Gasteiger partial charge in [-0.05, 0) is 25.0 Å². The molecule has 0 aliphatic rings. The van der Waals surface area contributed by atoms with E-state index in [9.17, 15) is 13.2 Å². The number of aryl methyl sites for hydroxylation is 1. The third-order valence-corrected chi connectivity index (χ3v) is 3.48. The molecule has 0 fully saturated rings. The van der Waals surface area contributed by atoms with Gasteiger partial charge in [-0.15, -0.1) is 0 Å². The van der Waals surface area contributed by atoms with E-state index >= 15 is 0 Å². The Labute approximate surface area is 114 Å². The summed E-state index contributed by atoms with van der Waals surface area (Å²) in [4.78, 5) is 11.7. The molecule has 0 unspecified atom stereocenters. The molecule has 19 heavy (non-hydrogen) atoms. The molecule has 0 aliphatic carbocycles. The fraction of sp³-hybridized carbons (Fsp3) is 0.462. The third kappa shape index (κ3) is 5.85. The molecule has 1 atom stereocenters. The Morgan fingerprint density at radius 3 is 2.53 bits per heavy atom. The summed E-state index contributed by atoms with van der Waals surface area (Å²) in [5, 5.41) is 2.85. The SMILES string of the molecule is Cc1ccccc1[C@H](C)NC(=O)CCNS(C)(=O)=O. The van der Waals surface area contributed by atoms with Gasteiger partial charge < -0.3 is 5.32 Å². The molecule has 1 aromatic rings. The lowest BCUT2D eigenvalue weighted by Crippen LogP contribution is -2.31. The second kappa shape index (κ2) is 6.68. The van der Waals surface area contributed by atoms with Crippen molar-refractivity contribution in [2.45, 2.75) is 26.3 Å². The van der Waals surface area contributed by atoms with Gasteiger partial charge in [-0.25, -0.2) is 13.1 Å². The number of benzene rings is 1. The molecule has 2 N–H and O–H groups in total. The van der Waals surface area contributed by atoms with Crippen LogP contribution in [0, 0.1) is 6.92 Å².